The number of amides is 1. The van der Waals surface area contributed by atoms with E-state index in [2.05, 4.69) is 15.9 Å². The van der Waals surface area contributed by atoms with Gasteiger partial charge in [-0.3, -0.25) is 9.59 Å². The van der Waals surface area contributed by atoms with Gasteiger partial charge in [0.05, 0.1) is 0 Å². The summed E-state index contributed by atoms with van der Waals surface area (Å²) in [5.74, 6) is -0.718. The second-order valence-corrected chi connectivity index (χ2v) is 3.69. The number of hydrogen-bond donors (Lipinski definition) is 1. The molecule has 0 radical (unpaired) electrons. The Hall–Kier alpha value is -1.20. The van der Waals surface area contributed by atoms with E-state index in [-0.39, 0.29) is 5.78 Å². The summed E-state index contributed by atoms with van der Waals surface area (Å²) in [5, 5.41) is -0.670. The number of hydrogen-bond acceptors (Lipinski definition) is 3. The monoisotopic (exact) mass is 271 g/mol. The van der Waals surface area contributed by atoms with E-state index in [0.717, 1.165) is 0 Å². The number of nitrogens with two attached hydrogens (primary N) is 1. The molecule has 80 valence electrons. The summed E-state index contributed by atoms with van der Waals surface area (Å²) in [5.41, 5.74) is 5.90. The Kier molecular flexibility index (Phi) is 3.99. The van der Waals surface area contributed by atoms with Crippen LogP contribution in [0.15, 0.2) is 24.3 Å². The van der Waals surface area contributed by atoms with Crippen molar-refractivity contribution < 1.29 is 14.3 Å². The van der Waals surface area contributed by atoms with Crippen molar-refractivity contribution in [2.45, 2.75) is 5.01 Å². The zero-order chi connectivity index (χ0) is 11.4. The molecule has 0 fully saturated rings. The highest BCUT2D eigenvalue weighted by molar-refractivity contribution is 9.09. The lowest BCUT2D eigenvalue weighted by molar-refractivity contribution is 0.0804. The molecule has 1 aromatic carbocycles. The Bertz CT molecular complexity index is 375. The highest BCUT2D eigenvalue weighted by Crippen LogP contribution is 2.11. The van der Waals surface area contributed by atoms with Gasteiger partial charge in [0.2, 0.25) is 11.7 Å². The Morgan fingerprint density at radius 1 is 1.27 bits per heavy atom. The number of rotatable bonds is 4. The van der Waals surface area contributed by atoms with Crippen LogP contribution in [0.4, 0.5) is 0 Å². The normalized spacial score (nSPS) is 12.1. The molecule has 1 rings (SSSR count). The third kappa shape index (κ3) is 2.87. The minimum absolute atomic E-state index is 0.200. The van der Waals surface area contributed by atoms with Gasteiger partial charge in [-0.2, -0.15) is 0 Å². The minimum atomic E-state index is -0.670. The summed E-state index contributed by atoms with van der Waals surface area (Å²) in [6.07, 6.45) is 0. The average Bonchev–Trinajstić information content (AvgIpc) is 2.27. The number of carbonyl (C=O) groups is 2. The Morgan fingerprint density at radius 3 is 2.13 bits per heavy atom. The predicted molar refractivity (Wildman–Crippen MR) is 59.0 cm³/mol. The maximum Gasteiger partial charge on any atom is 0.248 e. The fourth-order valence-electron chi connectivity index (χ4n) is 1.04. The third-order valence-corrected chi connectivity index (χ3v) is 2.66. The molecular formula is C10H10BrNO3. The van der Waals surface area contributed by atoms with E-state index in [1.165, 1.54) is 31.4 Å². The van der Waals surface area contributed by atoms with Crippen molar-refractivity contribution in [3.8, 4) is 0 Å². The smallest absolute Gasteiger partial charge is 0.248 e. The number of benzene rings is 1. The number of ether oxygens (including phenoxy) is 1. The minimum Gasteiger partial charge on any atom is -0.366 e. The van der Waals surface area contributed by atoms with Gasteiger partial charge in [-0.05, 0) is 28.1 Å². The molecule has 0 aliphatic heterocycles. The molecule has 1 unspecified atom stereocenters. The SMILES string of the molecule is COC(Br)C(=O)c1ccc(C(N)=O)cc1. The van der Waals surface area contributed by atoms with Crippen LogP contribution in [0.2, 0.25) is 0 Å². The fraction of sp³-hybridized carbons (Fsp3) is 0.200. The first-order chi connectivity index (χ1) is 7.06. The lowest BCUT2D eigenvalue weighted by atomic mass is 10.1. The van der Waals surface area contributed by atoms with Crippen molar-refractivity contribution >= 4 is 27.6 Å². The number of carbonyl (C=O) groups excluding carboxylic acids is 2. The van der Waals surface area contributed by atoms with Crippen molar-refractivity contribution in [1.82, 2.24) is 0 Å². The number of ketones is 1. The zero-order valence-corrected chi connectivity index (χ0v) is 9.65. The summed E-state index contributed by atoms with van der Waals surface area (Å²) in [7, 11) is 1.43. The van der Waals surface area contributed by atoms with Gasteiger partial charge in [-0.25, -0.2) is 0 Å². The van der Waals surface area contributed by atoms with Gasteiger partial charge in [0.1, 0.15) is 0 Å². The van der Waals surface area contributed by atoms with Crippen LogP contribution < -0.4 is 5.73 Å². The number of primary amides is 1. The van der Waals surface area contributed by atoms with Gasteiger partial charge in [0.25, 0.3) is 0 Å². The van der Waals surface area contributed by atoms with Gasteiger partial charge in [-0.15, -0.1) is 0 Å². The van der Waals surface area contributed by atoms with Crippen LogP contribution in [0.25, 0.3) is 0 Å². The first-order valence-electron chi connectivity index (χ1n) is 4.17. The van der Waals surface area contributed by atoms with Crippen LogP contribution in [-0.4, -0.2) is 23.8 Å². The van der Waals surface area contributed by atoms with Crippen LogP contribution in [0.1, 0.15) is 20.7 Å². The van der Waals surface area contributed by atoms with Gasteiger partial charge >= 0.3 is 0 Å². The van der Waals surface area contributed by atoms with Crippen molar-refractivity contribution in [2.24, 2.45) is 5.73 Å². The predicted octanol–water partition coefficient (Wildman–Crippen LogP) is 1.34. The van der Waals surface area contributed by atoms with Crippen molar-refractivity contribution in [2.75, 3.05) is 7.11 Å². The molecule has 1 aromatic rings. The number of alkyl halides is 1. The van der Waals surface area contributed by atoms with Gasteiger partial charge in [0, 0.05) is 18.2 Å². The second-order valence-electron chi connectivity index (χ2n) is 2.86. The molecule has 0 spiro atoms. The first kappa shape index (κ1) is 11.9. The van der Waals surface area contributed by atoms with Crippen molar-refractivity contribution in [3.63, 3.8) is 0 Å². The van der Waals surface area contributed by atoms with E-state index < -0.39 is 10.9 Å². The molecule has 1 atom stereocenters. The Balaban J connectivity index is 2.89. The summed E-state index contributed by atoms with van der Waals surface area (Å²) in [6.45, 7) is 0. The van der Waals surface area contributed by atoms with E-state index in [4.69, 9.17) is 10.5 Å². The molecule has 5 heteroatoms. The van der Waals surface area contributed by atoms with E-state index in [1.54, 1.807) is 0 Å². The van der Waals surface area contributed by atoms with Gasteiger partial charge < -0.3 is 10.5 Å². The number of Topliss-reactive ketones (excluding diaryl/α,β-unsaturated/α-hetero) is 1. The molecule has 15 heavy (non-hydrogen) atoms. The van der Waals surface area contributed by atoms with Crippen LogP contribution in [-0.2, 0) is 4.74 Å². The van der Waals surface area contributed by atoms with Crippen LogP contribution >= 0.6 is 15.9 Å². The van der Waals surface area contributed by atoms with Gasteiger partial charge in [0.15, 0.2) is 5.01 Å². The zero-order valence-electron chi connectivity index (χ0n) is 8.07. The maximum absolute atomic E-state index is 11.6. The molecular weight excluding hydrogens is 262 g/mol. The third-order valence-electron chi connectivity index (χ3n) is 1.87. The molecule has 0 saturated carbocycles. The highest BCUT2D eigenvalue weighted by atomic mass is 79.9. The second kappa shape index (κ2) is 5.04. The molecule has 2 N–H and O–H groups in total. The Labute approximate surface area is 95.5 Å². The van der Waals surface area contributed by atoms with Crippen molar-refractivity contribution in [3.05, 3.63) is 35.4 Å². The summed E-state index contributed by atoms with van der Waals surface area (Å²) >= 11 is 3.06. The van der Waals surface area contributed by atoms with Gasteiger partial charge in [-0.1, -0.05) is 12.1 Å². The highest BCUT2D eigenvalue weighted by Gasteiger charge is 2.15. The summed E-state index contributed by atoms with van der Waals surface area (Å²) in [4.78, 5) is 22.3. The van der Waals surface area contributed by atoms with E-state index in [9.17, 15) is 9.59 Å². The average molecular weight is 272 g/mol. The molecule has 1 amide bonds. The maximum atomic E-state index is 11.6. The van der Waals surface area contributed by atoms with E-state index in [0.29, 0.717) is 11.1 Å². The molecule has 0 aliphatic carbocycles. The van der Waals surface area contributed by atoms with E-state index in [1.807, 2.05) is 0 Å². The van der Waals surface area contributed by atoms with Crippen molar-refractivity contribution in [1.29, 1.82) is 0 Å². The lowest BCUT2D eigenvalue weighted by Gasteiger charge is -2.06. The lowest BCUT2D eigenvalue weighted by Crippen LogP contribution is -2.16. The largest absolute Gasteiger partial charge is 0.366 e. The molecule has 4 nitrogen and oxygen atoms in total. The Morgan fingerprint density at radius 2 is 1.73 bits per heavy atom. The fourth-order valence-corrected chi connectivity index (χ4v) is 1.30. The summed E-state index contributed by atoms with van der Waals surface area (Å²) < 4.78 is 4.82. The van der Waals surface area contributed by atoms with Crippen LogP contribution in [0.5, 0.6) is 0 Å². The number of halogens is 1. The molecule has 0 bridgehead atoms. The molecule has 0 aliphatic rings. The molecule has 0 saturated heterocycles. The summed E-state index contributed by atoms with van der Waals surface area (Å²) in [6, 6.07) is 6.08. The number of methoxy groups -OCH3 is 1. The first-order valence-corrected chi connectivity index (χ1v) is 5.08. The standard InChI is InChI=1S/C10H10BrNO3/c1-15-9(11)8(13)6-2-4-7(5-3-6)10(12)14/h2-5,9H,1H3,(H2,12,14). The molecule has 0 aromatic heterocycles. The topological polar surface area (TPSA) is 69.4 Å². The quantitative estimate of drug-likeness (QED) is 0.664. The van der Waals surface area contributed by atoms with Crippen LogP contribution in [0.3, 0.4) is 0 Å². The molecule has 0 heterocycles. The van der Waals surface area contributed by atoms with E-state index >= 15 is 0 Å². The van der Waals surface area contributed by atoms with Crippen LogP contribution in [0, 0.1) is 0 Å².